The van der Waals surface area contributed by atoms with Crippen molar-refractivity contribution in [3.63, 3.8) is 0 Å². The summed E-state index contributed by atoms with van der Waals surface area (Å²) in [6, 6.07) is 15.0. The van der Waals surface area contributed by atoms with Crippen molar-refractivity contribution in [2.24, 2.45) is 5.92 Å². The number of rotatable bonds is 3. The number of nitrogens with one attached hydrogen (secondary N) is 1. The predicted molar refractivity (Wildman–Crippen MR) is 81.6 cm³/mol. The van der Waals surface area contributed by atoms with Crippen LogP contribution in [0.1, 0.15) is 23.6 Å². The Morgan fingerprint density at radius 1 is 1.15 bits per heavy atom. The molecule has 2 aromatic carbocycles. The van der Waals surface area contributed by atoms with Gasteiger partial charge in [-0.05, 0) is 40.7 Å². The lowest BCUT2D eigenvalue weighted by molar-refractivity contribution is -0.123. The van der Waals surface area contributed by atoms with Crippen molar-refractivity contribution in [3.05, 3.63) is 59.2 Å². The van der Waals surface area contributed by atoms with Gasteiger partial charge in [0.15, 0.2) is 0 Å². The summed E-state index contributed by atoms with van der Waals surface area (Å²) >= 11 is 0. The zero-order chi connectivity index (χ0) is 14.1. The molecule has 0 radical (unpaired) electrons. The fourth-order valence-corrected chi connectivity index (χ4v) is 3.08. The summed E-state index contributed by atoms with van der Waals surface area (Å²) in [5.41, 5.74) is 6.76. The van der Waals surface area contributed by atoms with Crippen LogP contribution in [-0.2, 0) is 17.6 Å². The lowest BCUT2D eigenvalue weighted by Gasteiger charge is -2.13. The fraction of sp³-hybridized carbons (Fsp3) is 0.278. The second-order valence-electron chi connectivity index (χ2n) is 5.50. The third-order valence-electron chi connectivity index (χ3n) is 4.17. The van der Waals surface area contributed by atoms with Crippen LogP contribution in [-0.4, -0.2) is 13.0 Å². The molecule has 3 rings (SSSR count). The molecule has 2 nitrogen and oxygen atoms in total. The molecular formula is C18H19NO. The Bertz CT molecular complexity index is 660. The minimum absolute atomic E-state index is 0.00946. The quantitative estimate of drug-likeness (QED) is 0.774. The average molecular weight is 265 g/mol. The molecular weight excluding hydrogens is 246 g/mol. The molecule has 1 amide bonds. The Balaban J connectivity index is 1.95. The summed E-state index contributed by atoms with van der Waals surface area (Å²) < 4.78 is 0. The van der Waals surface area contributed by atoms with Gasteiger partial charge in [-0.1, -0.05) is 49.4 Å². The number of hydrogen-bond acceptors (Lipinski definition) is 1. The maximum atomic E-state index is 11.7. The van der Waals surface area contributed by atoms with E-state index in [4.69, 9.17) is 0 Å². The summed E-state index contributed by atoms with van der Waals surface area (Å²) in [6.07, 6.45) is 1.79. The van der Waals surface area contributed by atoms with Crippen molar-refractivity contribution < 1.29 is 4.79 Å². The van der Waals surface area contributed by atoms with Gasteiger partial charge < -0.3 is 5.32 Å². The summed E-state index contributed by atoms with van der Waals surface area (Å²) in [5.74, 6) is 0.119. The minimum Gasteiger partial charge on any atom is -0.359 e. The van der Waals surface area contributed by atoms with E-state index >= 15 is 0 Å². The maximum Gasteiger partial charge on any atom is 0.222 e. The van der Waals surface area contributed by atoms with Crippen LogP contribution >= 0.6 is 0 Å². The van der Waals surface area contributed by atoms with E-state index in [9.17, 15) is 4.79 Å². The Labute approximate surface area is 119 Å². The Kier molecular flexibility index (Phi) is 3.31. The molecule has 1 aliphatic carbocycles. The SMILES string of the molecule is CNC(=O)C(C)Cc1cccc2c1Cc1ccccc1-2. The third kappa shape index (κ3) is 2.11. The smallest absolute Gasteiger partial charge is 0.222 e. The third-order valence-corrected chi connectivity index (χ3v) is 4.17. The van der Waals surface area contributed by atoms with Crippen LogP contribution in [0.2, 0.25) is 0 Å². The second kappa shape index (κ2) is 5.12. The van der Waals surface area contributed by atoms with Crippen LogP contribution in [0.4, 0.5) is 0 Å². The first kappa shape index (κ1) is 12.9. The van der Waals surface area contributed by atoms with Crippen LogP contribution in [0, 0.1) is 5.92 Å². The number of carbonyl (C=O) groups excluding carboxylic acids is 1. The van der Waals surface area contributed by atoms with E-state index in [1.807, 2.05) is 6.92 Å². The number of amides is 1. The first-order chi connectivity index (χ1) is 9.70. The summed E-state index contributed by atoms with van der Waals surface area (Å²) in [6.45, 7) is 1.99. The summed E-state index contributed by atoms with van der Waals surface area (Å²) in [4.78, 5) is 11.7. The van der Waals surface area contributed by atoms with Crippen LogP contribution in [0.5, 0.6) is 0 Å². The van der Waals surface area contributed by atoms with E-state index in [1.165, 1.54) is 27.8 Å². The molecule has 1 N–H and O–H groups in total. The first-order valence-corrected chi connectivity index (χ1v) is 7.11. The van der Waals surface area contributed by atoms with Gasteiger partial charge in [-0.3, -0.25) is 4.79 Å². The van der Waals surface area contributed by atoms with Crippen LogP contribution < -0.4 is 5.32 Å². The van der Waals surface area contributed by atoms with Gasteiger partial charge in [0.1, 0.15) is 0 Å². The Morgan fingerprint density at radius 3 is 2.70 bits per heavy atom. The molecule has 1 atom stereocenters. The van der Waals surface area contributed by atoms with Gasteiger partial charge in [0.25, 0.3) is 0 Å². The highest BCUT2D eigenvalue weighted by atomic mass is 16.1. The molecule has 0 fully saturated rings. The van der Waals surface area contributed by atoms with Crippen molar-refractivity contribution in [2.45, 2.75) is 19.8 Å². The Morgan fingerprint density at radius 2 is 1.90 bits per heavy atom. The molecule has 0 saturated carbocycles. The first-order valence-electron chi connectivity index (χ1n) is 7.11. The van der Waals surface area contributed by atoms with Crippen LogP contribution in [0.3, 0.4) is 0 Å². The van der Waals surface area contributed by atoms with E-state index in [0.29, 0.717) is 0 Å². The molecule has 102 valence electrons. The number of carbonyl (C=O) groups is 1. The fourth-order valence-electron chi connectivity index (χ4n) is 3.08. The lowest BCUT2D eigenvalue weighted by Crippen LogP contribution is -2.26. The Hall–Kier alpha value is -2.09. The average Bonchev–Trinajstić information content (AvgIpc) is 2.86. The molecule has 0 aliphatic heterocycles. The van der Waals surface area contributed by atoms with E-state index in [-0.39, 0.29) is 11.8 Å². The molecule has 0 bridgehead atoms. The van der Waals surface area contributed by atoms with E-state index in [2.05, 4.69) is 47.8 Å². The molecule has 2 aromatic rings. The van der Waals surface area contributed by atoms with Gasteiger partial charge >= 0.3 is 0 Å². The molecule has 0 heterocycles. The van der Waals surface area contributed by atoms with Gasteiger partial charge in [-0.25, -0.2) is 0 Å². The minimum atomic E-state index is 0.00946. The van der Waals surface area contributed by atoms with Gasteiger partial charge in [-0.15, -0.1) is 0 Å². The maximum absolute atomic E-state index is 11.7. The van der Waals surface area contributed by atoms with Gasteiger partial charge in [-0.2, -0.15) is 0 Å². The van der Waals surface area contributed by atoms with E-state index in [0.717, 1.165) is 12.8 Å². The molecule has 0 saturated heterocycles. The van der Waals surface area contributed by atoms with Gasteiger partial charge in [0, 0.05) is 13.0 Å². The predicted octanol–water partition coefficient (Wildman–Crippen LogP) is 3.18. The molecule has 2 heteroatoms. The molecule has 20 heavy (non-hydrogen) atoms. The highest BCUT2D eigenvalue weighted by Gasteiger charge is 2.22. The highest BCUT2D eigenvalue weighted by Crippen LogP contribution is 2.38. The standard InChI is InChI=1S/C18H19NO/c1-12(18(20)19-2)10-13-7-5-9-16-15-8-4-3-6-14(15)11-17(13)16/h3-9,12H,10-11H2,1-2H3,(H,19,20). The largest absolute Gasteiger partial charge is 0.359 e. The summed E-state index contributed by atoms with van der Waals surface area (Å²) in [7, 11) is 1.70. The van der Waals surface area contributed by atoms with Gasteiger partial charge in [0.05, 0.1) is 0 Å². The van der Waals surface area contributed by atoms with Crippen molar-refractivity contribution in [2.75, 3.05) is 7.05 Å². The van der Waals surface area contributed by atoms with Gasteiger partial charge in [0.2, 0.25) is 5.91 Å². The van der Waals surface area contributed by atoms with Crippen molar-refractivity contribution in [1.82, 2.24) is 5.32 Å². The van der Waals surface area contributed by atoms with E-state index < -0.39 is 0 Å². The van der Waals surface area contributed by atoms with Crippen LogP contribution in [0.15, 0.2) is 42.5 Å². The lowest BCUT2D eigenvalue weighted by atomic mass is 9.93. The summed E-state index contributed by atoms with van der Waals surface area (Å²) in [5, 5.41) is 2.73. The van der Waals surface area contributed by atoms with Crippen molar-refractivity contribution in [1.29, 1.82) is 0 Å². The highest BCUT2D eigenvalue weighted by molar-refractivity contribution is 5.80. The zero-order valence-corrected chi connectivity index (χ0v) is 11.9. The number of fused-ring (bicyclic) bond motifs is 3. The zero-order valence-electron chi connectivity index (χ0n) is 11.9. The topological polar surface area (TPSA) is 29.1 Å². The second-order valence-corrected chi connectivity index (χ2v) is 5.50. The molecule has 0 aromatic heterocycles. The van der Waals surface area contributed by atoms with Crippen molar-refractivity contribution in [3.8, 4) is 11.1 Å². The molecule has 1 aliphatic rings. The number of hydrogen-bond donors (Lipinski definition) is 1. The van der Waals surface area contributed by atoms with E-state index in [1.54, 1.807) is 7.05 Å². The monoisotopic (exact) mass is 265 g/mol. The molecule has 0 spiro atoms. The van der Waals surface area contributed by atoms with Crippen molar-refractivity contribution >= 4 is 5.91 Å². The van der Waals surface area contributed by atoms with Crippen LogP contribution in [0.25, 0.3) is 11.1 Å². The number of benzene rings is 2. The molecule has 1 unspecified atom stereocenters. The normalized spacial score (nSPS) is 13.5.